The van der Waals surface area contributed by atoms with E-state index >= 15 is 0 Å². The minimum Gasteiger partial charge on any atom is -0.493 e. The first-order valence-electron chi connectivity index (χ1n) is 6.12. The van der Waals surface area contributed by atoms with Gasteiger partial charge in [-0.15, -0.1) is 6.42 Å². The van der Waals surface area contributed by atoms with Crippen LogP contribution in [-0.4, -0.2) is 36.8 Å². The summed E-state index contributed by atoms with van der Waals surface area (Å²) in [4.78, 5) is 25.1. The Kier molecular flexibility index (Phi) is 5.01. The molecule has 7 heteroatoms. The minimum absolute atomic E-state index is 0.0539. The van der Waals surface area contributed by atoms with Gasteiger partial charge in [0.15, 0.2) is 11.5 Å². The fourth-order valence-electron chi connectivity index (χ4n) is 1.85. The number of carbonyl (C=O) groups excluding carboxylic acids is 2. The SMILES string of the molecule is C#CCN1C(=O)S/C(=C\c2cc(OC)c(OC)cc2Cl)C1=O. The van der Waals surface area contributed by atoms with E-state index in [1.807, 2.05) is 0 Å². The number of thioether (sulfide) groups is 1. The zero-order chi connectivity index (χ0) is 16.3. The van der Waals surface area contributed by atoms with Crippen LogP contribution in [0.15, 0.2) is 17.0 Å². The van der Waals surface area contributed by atoms with Gasteiger partial charge in [-0.1, -0.05) is 17.5 Å². The highest BCUT2D eigenvalue weighted by Crippen LogP contribution is 2.37. The van der Waals surface area contributed by atoms with E-state index in [-0.39, 0.29) is 11.4 Å². The number of imide groups is 1. The van der Waals surface area contributed by atoms with Crippen molar-refractivity contribution in [3.63, 3.8) is 0 Å². The molecule has 0 bridgehead atoms. The van der Waals surface area contributed by atoms with Crippen LogP contribution in [0.5, 0.6) is 11.5 Å². The van der Waals surface area contributed by atoms with Gasteiger partial charge < -0.3 is 9.47 Å². The lowest BCUT2D eigenvalue weighted by atomic mass is 10.1. The Morgan fingerprint density at radius 2 is 1.95 bits per heavy atom. The smallest absolute Gasteiger partial charge is 0.294 e. The van der Waals surface area contributed by atoms with Gasteiger partial charge in [0.2, 0.25) is 0 Å². The summed E-state index contributed by atoms with van der Waals surface area (Å²) in [7, 11) is 3.00. The maximum absolute atomic E-state index is 12.1. The zero-order valence-electron chi connectivity index (χ0n) is 11.9. The number of benzene rings is 1. The molecule has 1 aromatic carbocycles. The zero-order valence-corrected chi connectivity index (χ0v) is 13.5. The second kappa shape index (κ2) is 6.77. The maximum Gasteiger partial charge on any atom is 0.294 e. The van der Waals surface area contributed by atoms with Crippen molar-refractivity contribution in [2.24, 2.45) is 0 Å². The molecule has 1 aliphatic rings. The Labute approximate surface area is 137 Å². The highest BCUT2D eigenvalue weighted by molar-refractivity contribution is 8.18. The minimum atomic E-state index is -0.432. The maximum atomic E-state index is 12.1. The van der Waals surface area contributed by atoms with Crippen molar-refractivity contribution < 1.29 is 19.1 Å². The van der Waals surface area contributed by atoms with Gasteiger partial charge in [0.05, 0.1) is 30.7 Å². The van der Waals surface area contributed by atoms with Crippen molar-refractivity contribution in [2.45, 2.75) is 0 Å². The van der Waals surface area contributed by atoms with Gasteiger partial charge in [0, 0.05) is 6.07 Å². The Morgan fingerprint density at radius 3 is 2.55 bits per heavy atom. The Bertz CT molecular complexity index is 708. The number of hydrogen-bond acceptors (Lipinski definition) is 5. The lowest BCUT2D eigenvalue weighted by molar-refractivity contribution is -0.122. The van der Waals surface area contributed by atoms with E-state index in [2.05, 4.69) is 5.92 Å². The van der Waals surface area contributed by atoms with E-state index in [4.69, 9.17) is 27.5 Å². The fourth-order valence-corrected chi connectivity index (χ4v) is 2.89. The topological polar surface area (TPSA) is 55.8 Å². The first-order chi connectivity index (χ1) is 10.5. The molecule has 1 aromatic rings. The molecule has 0 N–H and O–H groups in total. The van der Waals surface area contributed by atoms with Crippen LogP contribution < -0.4 is 9.47 Å². The molecule has 2 amide bonds. The highest BCUT2D eigenvalue weighted by Gasteiger charge is 2.34. The molecule has 1 fully saturated rings. The summed E-state index contributed by atoms with van der Waals surface area (Å²) in [6.07, 6.45) is 6.68. The van der Waals surface area contributed by atoms with E-state index < -0.39 is 11.1 Å². The van der Waals surface area contributed by atoms with Gasteiger partial charge in [-0.25, -0.2) is 0 Å². The predicted molar refractivity (Wildman–Crippen MR) is 86.1 cm³/mol. The van der Waals surface area contributed by atoms with Crippen molar-refractivity contribution in [1.29, 1.82) is 0 Å². The van der Waals surface area contributed by atoms with Crippen molar-refractivity contribution in [3.8, 4) is 23.8 Å². The van der Waals surface area contributed by atoms with Crippen LogP contribution >= 0.6 is 23.4 Å². The second-order valence-corrected chi connectivity index (χ2v) is 5.60. The lowest BCUT2D eigenvalue weighted by Crippen LogP contribution is -2.28. The first kappa shape index (κ1) is 16.3. The van der Waals surface area contributed by atoms with Crippen LogP contribution in [-0.2, 0) is 4.79 Å². The number of rotatable bonds is 4. The average molecular weight is 338 g/mol. The summed E-state index contributed by atoms with van der Waals surface area (Å²) in [5, 5.41) is -0.0211. The van der Waals surface area contributed by atoms with Crippen molar-refractivity contribution in [2.75, 3.05) is 20.8 Å². The molecular formula is C15H12ClNO4S. The lowest BCUT2D eigenvalue weighted by Gasteiger charge is -2.10. The second-order valence-electron chi connectivity index (χ2n) is 4.20. The van der Waals surface area contributed by atoms with E-state index in [0.717, 1.165) is 16.7 Å². The molecule has 0 spiro atoms. The largest absolute Gasteiger partial charge is 0.493 e. The molecule has 1 heterocycles. The third-order valence-electron chi connectivity index (χ3n) is 2.91. The van der Waals surface area contributed by atoms with Crippen LogP contribution in [0, 0.1) is 12.3 Å². The molecule has 0 atom stereocenters. The number of hydrogen-bond donors (Lipinski definition) is 0. The Balaban J connectivity index is 2.40. The van der Waals surface area contributed by atoms with Crippen LogP contribution in [0.3, 0.4) is 0 Å². The summed E-state index contributed by atoms with van der Waals surface area (Å²) in [5.41, 5.74) is 0.547. The summed E-state index contributed by atoms with van der Waals surface area (Å²) in [5.74, 6) is 2.80. The van der Waals surface area contributed by atoms with Crippen LogP contribution in [0.1, 0.15) is 5.56 Å². The molecular weight excluding hydrogens is 326 g/mol. The summed E-state index contributed by atoms with van der Waals surface area (Å²) in [6.45, 7) is -0.0539. The van der Waals surface area contributed by atoms with Crippen molar-refractivity contribution >= 4 is 40.6 Å². The number of methoxy groups -OCH3 is 2. The monoisotopic (exact) mass is 337 g/mol. The van der Waals surface area contributed by atoms with Crippen molar-refractivity contribution in [1.82, 2.24) is 4.90 Å². The molecule has 0 radical (unpaired) electrons. The van der Waals surface area contributed by atoms with Gasteiger partial charge in [-0.3, -0.25) is 14.5 Å². The van der Waals surface area contributed by atoms with Crippen LogP contribution in [0.2, 0.25) is 5.02 Å². The molecule has 114 valence electrons. The highest BCUT2D eigenvalue weighted by atomic mass is 35.5. The van der Waals surface area contributed by atoms with E-state index in [9.17, 15) is 9.59 Å². The molecule has 0 aromatic heterocycles. The van der Waals surface area contributed by atoms with Gasteiger partial charge >= 0.3 is 0 Å². The van der Waals surface area contributed by atoms with Gasteiger partial charge in [-0.2, -0.15) is 0 Å². The summed E-state index contributed by atoms with van der Waals surface area (Å²) >= 11 is 6.99. The number of halogens is 1. The molecule has 0 saturated carbocycles. The standard InChI is InChI=1S/C15H12ClNO4S/c1-4-5-17-14(18)13(22-15(17)19)7-9-6-11(20-2)12(21-3)8-10(9)16/h1,6-8H,5H2,2-3H3/b13-7-. The molecule has 0 unspecified atom stereocenters. The third kappa shape index (κ3) is 3.06. The number of carbonyl (C=O) groups is 2. The number of terminal acetylenes is 1. The van der Waals surface area contributed by atoms with Gasteiger partial charge in [0.25, 0.3) is 11.1 Å². The molecule has 22 heavy (non-hydrogen) atoms. The molecule has 1 aliphatic heterocycles. The van der Waals surface area contributed by atoms with E-state index in [1.54, 1.807) is 12.1 Å². The molecule has 2 rings (SSSR count). The molecule has 1 saturated heterocycles. The van der Waals surface area contributed by atoms with Crippen molar-refractivity contribution in [3.05, 3.63) is 27.6 Å². The average Bonchev–Trinajstić information content (AvgIpc) is 2.76. The summed E-state index contributed by atoms with van der Waals surface area (Å²) in [6, 6.07) is 3.22. The Hall–Kier alpha value is -2.10. The third-order valence-corrected chi connectivity index (χ3v) is 4.15. The number of amides is 2. The van der Waals surface area contributed by atoms with Gasteiger partial charge in [0.1, 0.15) is 0 Å². The normalized spacial score (nSPS) is 16.1. The van der Waals surface area contributed by atoms with Gasteiger partial charge in [-0.05, 0) is 29.5 Å². The fraction of sp³-hybridized carbons (Fsp3) is 0.200. The number of nitrogens with zero attached hydrogens (tertiary/aromatic N) is 1. The Morgan fingerprint density at radius 1 is 1.32 bits per heavy atom. The van der Waals surface area contributed by atoms with Crippen LogP contribution in [0.4, 0.5) is 4.79 Å². The molecule has 0 aliphatic carbocycles. The summed E-state index contributed by atoms with van der Waals surface area (Å²) < 4.78 is 10.3. The van der Waals surface area contributed by atoms with Crippen LogP contribution in [0.25, 0.3) is 6.08 Å². The quantitative estimate of drug-likeness (QED) is 0.624. The predicted octanol–water partition coefficient (Wildman–Crippen LogP) is 3.03. The number of ether oxygens (including phenoxy) is 2. The van der Waals surface area contributed by atoms with E-state index in [1.165, 1.54) is 20.3 Å². The first-order valence-corrected chi connectivity index (χ1v) is 7.31. The molecule has 5 nitrogen and oxygen atoms in total. The van der Waals surface area contributed by atoms with E-state index in [0.29, 0.717) is 22.1 Å².